The molecule has 0 spiro atoms. The zero-order valence-electron chi connectivity index (χ0n) is 20.0. The number of ether oxygens (including phenoxy) is 3. The highest BCUT2D eigenvalue weighted by Crippen LogP contribution is 2.21. The monoisotopic (exact) mass is 488 g/mol. The quantitative estimate of drug-likeness (QED) is 0.505. The van der Waals surface area contributed by atoms with E-state index in [1.165, 1.54) is 32.4 Å². The van der Waals surface area contributed by atoms with E-state index in [-0.39, 0.29) is 13.2 Å². The van der Waals surface area contributed by atoms with Gasteiger partial charge in [-0.1, -0.05) is 30.2 Å². The van der Waals surface area contributed by atoms with Crippen molar-refractivity contribution in [2.24, 2.45) is 0 Å². The molecule has 2 aromatic carbocycles. The van der Waals surface area contributed by atoms with E-state index < -0.39 is 5.60 Å². The molecule has 1 N–H and O–H groups in total. The van der Waals surface area contributed by atoms with E-state index in [9.17, 15) is 5.11 Å². The van der Waals surface area contributed by atoms with Crippen molar-refractivity contribution in [1.82, 2.24) is 9.80 Å². The summed E-state index contributed by atoms with van der Waals surface area (Å²) in [6.07, 6.45) is 5.07. The fourth-order valence-electron chi connectivity index (χ4n) is 4.62. The first-order valence-corrected chi connectivity index (χ1v) is 12.8. The number of aliphatic hydroxyl groups is 1. The number of hydrogen-bond acceptors (Lipinski definition) is 6. The van der Waals surface area contributed by atoms with Gasteiger partial charge in [-0.2, -0.15) is 0 Å². The smallest absolute Gasteiger partial charge is 0.134 e. The number of likely N-dealkylation sites (tertiary alicyclic amines) is 1. The first-order chi connectivity index (χ1) is 16.6. The fourth-order valence-corrected chi connectivity index (χ4v) is 4.75. The van der Waals surface area contributed by atoms with E-state index >= 15 is 0 Å². The van der Waals surface area contributed by atoms with Crippen molar-refractivity contribution in [3.05, 3.63) is 59.1 Å². The predicted molar refractivity (Wildman–Crippen MR) is 135 cm³/mol. The van der Waals surface area contributed by atoms with E-state index in [0.29, 0.717) is 23.9 Å². The van der Waals surface area contributed by atoms with Crippen molar-refractivity contribution in [2.45, 2.75) is 37.8 Å². The molecule has 2 aliphatic heterocycles. The molecule has 4 rings (SSSR count). The van der Waals surface area contributed by atoms with Crippen LogP contribution in [0.4, 0.5) is 0 Å². The summed E-state index contributed by atoms with van der Waals surface area (Å²) in [5, 5.41) is 11.8. The number of halogens is 1. The van der Waals surface area contributed by atoms with Crippen molar-refractivity contribution in [2.75, 3.05) is 59.2 Å². The molecular formula is C27H37ClN2O4. The first-order valence-electron chi connectivity index (χ1n) is 12.4. The summed E-state index contributed by atoms with van der Waals surface area (Å²) in [5.74, 6) is 1.59. The maximum absolute atomic E-state index is 11.2. The molecule has 0 radical (unpaired) electrons. The topological polar surface area (TPSA) is 54.4 Å². The molecule has 0 aliphatic carbocycles. The molecule has 1 atom stereocenters. The van der Waals surface area contributed by atoms with Gasteiger partial charge in [-0.25, -0.2) is 0 Å². The van der Waals surface area contributed by atoms with Gasteiger partial charge >= 0.3 is 0 Å². The van der Waals surface area contributed by atoms with Crippen molar-refractivity contribution in [3.8, 4) is 11.5 Å². The van der Waals surface area contributed by atoms with E-state index in [0.717, 1.165) is 44.0 Å². The highest BCUT2D eigenvalue weighted by molar-refractivity contribution is 6.30. The van der Waals surface area contributed by atoms with Crippen LogP contribution in [-0.2, 0) is 11.3 Å². The Morgan fingerprint density at radius 1 is 0.941 bits per heavy atom. The lowest BCUT2D eigenvalue weighted by molar-refractivity contribution is -0.0646. The SMILES string of the molecule is OC1(COc2ccc(Cl)cc2)COCCN(Cc2cccc(OCCCN3CCCCC3)c2)C1. The van der Waals surface area contributed by atoms with Crippen molar-refractivity contribution < 1.29 is 19.3 Å². The number of β-amino-alcohol motifs (C(OH)–C–C–N with tert-alkyl or cyclic N) is 1. The molecule has 2 aromatic rings. The highest BCUT2D eigenvalue weighted by atomic mass is 35.5. The number of nitrogens with zero attached hydrogens (tertiary/aromatic N) is 2. The zero-order valence-corrected chi connectivity index (χ0v) is 20.7. The van der Waals surface area contributed by atoms with Gasteiger partial charge in [0.15, 0.2) is 0 Å². The van der Waals surface area contributed by atoms with Crippen LogP contribution >= 0.6 is 11.6 Å². The summed E-state index contributed by atoms with van der Waals surface area (Å²) in [7, 11) is 0. The Balaban J connectivity index is 1.25. The maximum atomic E-state index is 11.2. The Morgan fingerprint density at radius 3 is 2.59 bits per heavy atom. The lowest BCUT2D eigenvalue weighted by Gasteiger charge is -2.30. The third-order valence-electron chi connectivity index (χ3n) is 6.40. The number of rotatable bonds is 10. The van der Waals surface area contributed by atoms with Crippen LogP contribution in [0.2, 0.25) is 5.02 Å². The summed E-state index contributed by atoms with van der Waals surface area (Å²) in [4.78, 5) is 4.76. The minimum atomic E-state index is -1.08. The molecule has 0 amide bonds. The average Bonchev–Trinajstić information content (AvgIpc) is 3.04. The van der Waals surface area contributed by atoms with E-state index in [1.54, 1.807) is 24.3 Å². The van der Waals surface area contributed by atoms with Gasteiger partial charge in [0.1, 0.15) is 23.7 Å². The van der Waals surface area contributed by atoms with Crippen LogP contribution in [0.5, 0.6) is 11.5 Å². The van der Waals surface area contributed by atoms with Gasteiger partial charge in [0.2, 0.25) is 0 Å². The second kappa shape index (κ2) is 12.8. The summed E-state index contributed by atoms with van der Waals surface area (Å²) in [5.41, 5.74) is 0.0787. The van der Waals surface area contributed by atoms with Gasteiger partial charge in [0, 0.05) is 31.2 Å². The van der Waals surface area contributed by atoms with Gasteiger partial charge in [-0.3, -0.25) is 4.90 Å². The average molecular weight is 489 g/mol. The summed E-state index contributed by atoms with van der Waals surface area (Å²) >= 11 is 5.94. The molecule has 6 nitrogen and oxygen atoms in total. The molecule has 2 aliphatic rings. The minimum Gasteiger partial charge on any atom is -0.494 e. The first kappa shape index (κ1) is 25.3. The van der Waals surface area contributed by atoms with Gasteiger partial charge in [-0.05, 0) is 74.3 Å². The van der Waals surface area contributed by atoms with Crippen LogP contribution in [0.25, 0.3) is 0 Å². The summed E-state index contributed by atoms with van der Waals surface area (Å²) in [6, 6.07) is 15.4. The van der Waals surface area contributed by atoms with Crippen LogP contribution < -0.4 is 9.47 Å². The highest BCUT2D eigenvalue weighted by Gasteiger charge is 2.33. The lowest BCUT2D eigenvalue weighted by Crippen LogP contribution is -2.48. The van der Waals surface area contributed by atoms with Crippen LogP contribution in [0.15, 0.2) is 48.5 Å². The standard InChI is InChI=1S/C27H37ClN2O4/c28-24-8-10-25(11-9-24)34-22-27(31)20-30(15-17-32-21-27)19-23-6-4-7-26(18-23)33-16-5-14-29-12-2-1-3-13-29/h4,6-11,18,31H,1-3,5,12-17,19-22H2. The van der Waals surface area contributed by atoms with E-state index in [2.05, 4.69) is 21.9 Å². The largest absolute Gasteiger partial charge is 0.494 e. The maximum Gasteiger partial charge on any atom is 0.134 e. The molecule has 0 saturated carbocycles. The number of hydrogen-bond donors (Lipinski definition) is 1. The summed E-state index contributed by atoms with van der Waals surface area (Å²) < 4.78 is 17.6. The van der Waals surface area contributed by atoms with Crippen LogP contribution in [-0.4, -0.2) is 79.7 Å². The predicted octanol–water partition coefficient (Wildman–Crippen LogP) is 4.24. The van der Waals surface area contributed by atoms with Gasteiger partial charge in [0.25, 0.3) is 0 Å². The lowest BCUT2D eigenvalue weighted by atomic mass is 10.1. The Hall–Kier alpha value is -1.83. The second-order valence-electron chi connectivity index (χ2n) is 9.48. The van der Waals surface area contributed by atoms with Gasteiger partial charge in [-0.15, -0.1) is 0 Å². The Labute approximate surface area is 208 Å². The Kier molecular flexibility index (Phi) is 9.48. The van der Waals surface area contributed by atoms with Crippen LogP contribution in [0.3, 0.4) is 0 Å². The van der Waals surface area contributed by atoms with Gasteiger partial charge < -0.3 is 24.2 Å². The molecule has 2 heterocycles. The van der Waals surface area contributed by atoms with Crippen molar-refractivity contribution in [3.63, 3.8) is 0 Å². The molecule has 0 aromatic heterocycles. The van der Waals surface area contributed by atoms with Crippen molar-refractivity contribution in [1.29, 1.82) is 0 Å². The Morgan fingerprint density at radius 2 is 1.76 bits per heavy atom. The van der Waals surface area contributed by atoms with Crippen molar-refractivity contribution >= 4 is 11.6 Å². The summed E-state index contributed by atoms with van der Waals surface area (Å²) in [6.45, 7) is 7.24. The van der Waals surface area contributed by atoms with Crippen LogP contribution in [0, 0.1) is 0 Å². The molecule has 186 valence electrons. The normalized spacial score (nSPS) is 22.3. The third kappa shape index (κ3) is 8.14. The fraction of sp³-hybridized carbons (Fsp3) is 0.556. The Bertz CT molecular complexity index is 875. The van der Waals surface area contributed by atoms with E-state index in [1.807, 2.05) is 12.1 Å². The van der Waals surface area contributed by atoms with E-state index in [4.69, 9.17) is 25.8 Å². The molecular weight excluding hydrogens is 452 g/mol. The van der Waals surface area contributed by atoms with Gasteiger partial charge in [0.05, 0.1) is 19.8 Å². The zero-order chi connectivity index (χ0) is 23.6. The molecule has 2 fully saturated rings. The number of piperidine rings is 1. The number of benzene rings is 2. The molecule has 34 heavy (non-hydrogen) atoms. The van der Waals surface area contributed by atoms with Crippen LogP contribution in [0.1, 0.15) is 31.2 Å². The second-order valence-corrected chi connectivity index (χ2v) is 9.92. The molecule has 0 bridgehead atoms. The minimum absolute atomic E-state index is 0.158. The molecule has 2 saturated heterocycles. The molecule has 1 unspecified atom stereocenters. The third-order valence-corrected chi connectivity index (χ3v) is 6.65. The molecule has 7 heteroatoms.